The van der Waals surface area contributed by atoms with Gasteiger partial charge in [0.2, 0.25) is 0 Å². The van der Waals surface area contributed by atoms with E-state index in [1.165, 1.54) is 0 Å². The summed E-state index contributed by atoms with van der Waals surface area (Å²) in [6, 6.07) is 3.93. The largest absolute Gasteiger partial charge is 0.454 e. The van der Waals surface area contributed by atoms with Crippen molar-refractivity contribution in [3.05, 3.63) is 22.6 Å². The minimum absolute atomic E-state index is 0.164. The van der Waals surface area contributed by atoms with E-state index in [1.807, 2.05) is 12.1 Å². The van der Waals surface area contributed by atoms with Crippen LogP contribution in [0.1, 0.15) is 18.6 Å². The Kier molecular flexibility index (Phi) is 3.75. The Morgan fingerprint density at radius 3 is 2.60 bits per heavy atom. The molecule has 0 N–H and O–H groups in total. The molecule has 4 heteroatoms. The van der Waals surface area contributed by atoms with E-state index in [-0.39, 0.29) is 5.41 Å². The fourth-order valence-electron chi connectivity index (χ4n) is 1.98. The second kappa shape index (κ2) is 4.89. The van der Waals surface area contributed by atoms with Gasteiger partial charge in [-0.2, -0.15) is 0 Å². The van der Waals surface area contributed by atoms with Crippen LogP contribution in [0.3, 0.4) is 0 Å². The van der Waals surface area contributed by atoms with Gasteiger partial charge in [-0.15, -0.1) is 11.6 Å². The van der Waals surface area contributed by atoms with Gasteiger partial charge in [-0.1, -0.05) is 0 Å². The number of alkyl halides is 1. The van der Waals surface area contributed by atoms with Crippen LogP contribution in [0.4, 0.5) is 0 Å². The molecular formula is C11H14BrClO2. The average molecular weight is 294 g/mol. The molecular weight excluding hydrogens is 279 g/mol. The van der Waals surface area contributed by atoms with Crippen LogP contribution in [0.25, 0.3) is 0 Å². The third kappa shape index (κ3) is 2.77. The van der Waals surface area contributed by atoms with Gasteiger partial charge in [-0.05, 0) is 46.3 Å². The summed E-state index contributed by atoms with van der Waals surface area (Å²) in [5, 5.41) is 0. The first-order valence-corrected chi connectivity index (χ1v) is 6.45. The molecule has 1 aliphatic rings. The molecule has 0 aliphatic carbocycles. The number of rotatable bonds is 3. The third-order valence-electron chi connectivity index (χ3n) is 3.02. The zero-order chi connectivity index (χ0) is 10.7. The molecule has 0 unspecified atom stereocenters. The minimum Gasteiger partial charge on any atom is -0.454 e. The second-order valence-electron chi connectivity index (χ2n) is 4.13. The molecule has 2 rings (SSSR count). The normalized spacial score (nSPS) is 20.4. The molecule has 1 aromatic heterocycles. The van der Waals surface area contributed by atoms with Crippen molar-refractivity contribution in [1.29, 1.82) is 0 Å². The Balaban J connectivity index is 2.06. The van der Waals surface area contributed by atoms with E-state index in [2.05, 4.69) is 15.9 Å². The van der Waals surface area contributed by atoms with Crippen LogP contribution in [0, 0.1) is 5.41 Å². The van der Waals surface area contributed by atoms with E-state index < -0.39 is 0 Å². The van der Waals surface area contributed by atoms with E-state index >= 15 is 0 Å². The first-order chi connectivity index (χ1) is 7.24. The van der Waals surface area contributed by atoms with Crippen molar-refractivity contribution in [3.8, 4) is 0 Å². The van der Waals surface area contributed by atoms with E-state index in [1.54, 1.807) is 0 Å². The van der Waals surface area contributed by atoms with Crippen LogP contribution in [-0.2, 0) is 11.2 Å². The van der Waals surface area contributed by atoms with Gasteiger partial charge in [0, 0.05) is 25.5 Å². The Labute approximate surface area is 103 Å². The molecule has 0 aromatic carbocycles. The number of furan rings is 1. The molecule has 15 heavy (non-hydrogen) atoms. The van der Waals surface area contributed by atoms with E-state index in [4.69, 9.17) is 20.8 Å². The number of ether oxygens (including phenoxy) is 1. The lowest BCUT2D eigenvalue weighted by atomic mass is 9.78. The summed E-state index contributed by atoms with van der Waals surface area (Å²) in [6.45, 7) is 1.63. The first-order valence-electron chi connectivity index (χ1n) is 5.12. The van der Waals surface area contributed by atoms with E-state index in [0.717, 1.165) is 42.9 Å². The molecule has 1 aliphatic heterocycles. The van der Waals surface area contributed by atoms with Crippen LogP contribution in [0.15, 0.2) is 21.2 Å². The Bertz CT molecular complexity index is 318. The maximum atomic E-state index is 6.08. The van der Waals surface area contributed by atoms with Gasteiger partial charge in [0.15, 0.2) is 4.67 Å². The molecule has 0 atom stereocenters. The molecule has 0 amide bonds. The minimum atomic E-state index is 0.164. The van der Waals surface area contributed by atoms with Gasteiger partial charge in [-0.3, -0.25) is 0 Å². The summed E-state index contributed by atoms with van der Waals surface area (Å²) >= 11 is 9.40. The fourth-order valence-corrected chi connectivity index (χ4v) is 2.68. The summed E-state index contributed by atoms with van der Waals surface area (Å²) in [5.41, 5.74) is 0.164. The Morgan fingerprint density at radius 2 is 2.07 bits per heavy atom. The van der Waals surface area contributed by atoms with E-state index in [9.17, 15) is 0 Å². The smallest absolute Gasteiger partial charge is 0.169 e. The zero-order valence-electron chi connectivity index (χ0n) is 8.47. The molecule has 0 bridgehead atoms. The lowest BCUT2D eigenvalue weighted by Crippen LogP contribution is -2.33. The SMILES string of the molecule is ClCC1(Cc2ccc(Br)o2)CCOCC1. The van der Waals surface area contributed by atoms with Crippen molar-refractivity contribution >= 4 is 27.5 Å². The maximum Gasteiger partial charge on any atom is 0.169 e. The lowest BCUT2D eigenvalue weighted by Gasteiger charge is -2.34. The fraction of sp³-hybridized carbons (Fsp3) is 0.636. The highest BCUT2D eigenvalue weighted by Crippen LogP contribution is 2.36. The Morgan fingerprint density at radius 1 is 1.33 bits per heavy atom. The van der Waals surface area contributed by atoms with Crippen LogP contribution in [0.5, 0.6) is 0 Å². The topological polar surface area (TPSA) is 22.4 Å². The Hall–Kier alpha value is 0.01000. The monoisotopic (exact) mass is 292 g/mol. The highest BCUT2D eigenvalue weighted by molar-refractivity contribution is 9.10. The molecule has 2 nitrogen and oxygen atoms in total. The van der Waals surface area contributed by atoms with Crippen molar-refractivity contribution in [3.63, 3.8) is 0 Å². The third-order valence-corrected chi connectivity index (χ3v) is 4.01. The van der Waals surface area contributed by atoms with Crippen LogP contribution in [0.2, 0.25) is 0 Å². The van der Waals surface area contributed by atoms with Crippen LogP contribution in [-0.4, -0.2) is 19.1 Å². The maximum absolute atomic E-state index is 6.08. The lowest BCUT2D eigenvalue weighted by molar-refractivity contribution is 0.0235. The predicted molar refractivity (Wildman–Crippen MR) is 63.3 cm³/mol. The standard InChI is InChI=1S/C11H14BrClO2/c12-10-2-1-9(15-10)7-11(8-13)3-5-14-6-4-11/h1-2H,3-8H2. The van der Waals surface area contributed by atoms with Crippen molar-refractivity contribution in [1.82, 2.24) is 0 Å². The molecule has 0 radical (unpaired) electrons. The molecule has 0 saturated carbocycles. The van der Waals surface area contributed by atoms with Crippen LogP contribution >= 0.6 is 27.5 Å². The molecule has 0 spiro atoms. The zero-order valence-corrected chi connectivity index (χ0v) is 10.8. The molecule has 2 heterocycles. The van der Waals surface area contributed by atoms with Gasteiger partial charge in [0.25, 0.3) is 0 Å². The van der Waals surface area contributed by atoms with Gasteiger partial charge < -0.3 is 9.15 Å². The van der Waals surface area contributed by atoms with Crippen molar-refractivity contribution in [2.24, 2.45) is 5.41 Å². The molecule has 84 valence electrons. The summed E-state index contributed by atoms with van der Waals surface area (Å²) in [4.78, 5) is 0. The highest BCUT2D eigenvalue weighted by atomic mass is 79.9. The van der Waals surface area contributed by atoms with Gasteiger partial charge >= 0.3 is 0 Å². The number of halogens is 2. The first kappa shape index (κ1) is 11.5. The van der Waals surface area contributed by atoms with Crippen LogP contribution < -0.4 is 0 Å². The quantitative estimate of drug-likeness (QED) is 0.794. The average Bonchev–Trinajstić information content (AvgIpc) is 2.65. The molecule has 1 saturated heterocycles. The molecule has 1 aromatic rings. The van der Waals surface area contributed by atoms with Crippen molar-refractivity contribution < 1.29 is 9.15 Å². The summed E-state index contributed by atoms with van der Waals surface area (Å²) in [6.07, 6.45) is 2.95. The summed E-state index contributed by atoms with van der Waals surface area (Å²) in [5.74, 6) is 1.68. The number of hydrogen-bond donors (Lipinski definition) is 0. The summed E-state index contributed by atoms with van der Waals surface area (Å²) in [7, 11) is 0. The summed E-state index contributed by atoms with van der Waals surface area (Å²) < 4.78 is 11.7. The van der Waals surface area contributed by atoms with E-state index in [0.29, 0.717) is 5.88 Å². The van der Waals surface area contributed by atoms with Gasteiger partial charge in [-0.25, -0.2) is 0 Å². The van der Waals surface area contributed by atoms with Gasteiger partial charge in [0.1, 0.15) is 5.76 Å². The van der Waals surface area contributed by atoms with Crippen molar-refractivity contribution in [2.45, 2.75) is 19.3 Å². The predicted octanol–water partition coefficient (Wildman–Crippen LogP) is 3.62. The number of hydrogen-bond acceptors (Lipinski definition) is 2. The van der Waals surface area contributed by atoms with Gasteiger partial charge in [0.05, 0.1) is 0 Å². The second-order valence-corrected chi connectivity index (χ2v) is 5.18. The highest BCUT2D eigenvalue weighted by Gasteiger charge is 2.32. The van der Waals surface area contributed by atoms with Crippen molar-refractivity contribution in [2.75, 3.05) is 19.1 Å². The molecule has 1 fully saturated rings.